The van der Waals surface area contributed by atoms with Crippen LogP contribution in [0.1, 0.15) is 42.3 Å². The number of amides is 1. The number of nitrogens with one attached hydrogen (secondary N) is 1. The van der Waals surface area contributed by atoms with Crippen LogP contribution in [0.3, 0.4) is 0 Å². The lowest BCUT2D eigenvalue weighted by Gasteiger charge is -2.13. The van der Waals surface area contributed by atoms with Crippen LogP contribution in [0.4, 0.5) is 17.6 Å². The molecule has 2 aliphatic carbocycles. The smallest absolute Gasteiger partial charge is 0.471 e. The number of aliphatic carboxylic acids is 1. The van der Waals surface area contributed by atoms with Crippen LogP contribution >= 0.6 is 11.6 Å². The molecule has 2 aliphatic rings. The lowest BCUT2D eigenvalue weighted by atomic mass is 9.95. The first-order valence-electron chi connectivity index (χ1n) is 11.1. The van der Waals surface area contributed by atoms with Crippen LogP contribution in [0.5, 0.6) is 0 Å². The van der Waals surface area contributed by atoms with Crippen molar-refractivity contribution >= 4 is 23.5 Å². The van der Waals surface area contributed by atoms with Crippen LogP contribution < -0.4 is 11.1 Å². The standard InChI is InChI=1S/C18H15ClFN3O.C6H6F3NO3/c1-9-22-18(23-24-9)17-14(7-12(19)8-15(17)20)11-2-4-13-10(6-11)3-5-16(13)21;7-6(8,9)3(11)10-5(1-2-5)4(12)13/h2,4,6-8,16H,3,5,21H2,1H3;1-2H2,(H,10,11)(H,12,13). The van der Waals surface area contributed by atoms with Crippen molar-refractivity contribution < 1.29 is 36.8 Å². The summed E-state index contributed by atoms with van der Waals surface area (Å²) in [6, 6.07) is 9.05. The highest BCUT2D eigenvalue weighted by Crippen LogP contribution is 2.39. The number of nitrogens with zero attached hydrogens (tertiary/aromatic N) is 2. The molecule has 1 aromatic heterocycles. The third-order valence-corrected chi connectivity index (χ3v) is 6.37. The fraction of sp³-hybridized carbons (Fsp3) is 0.333. The Bertz CT molecular complexity index is 1370. The Hall–Kier alpha value is -3.51. The lowest BCUT2D eigenvalue weighted by Crippen LogP contribution is -2.48. The van der Waals surface area contributed by atoms with Crippen molar-refractivity contribution in [1.29, 1.82) is 0 Å². The maximum absolute atomic E-state index is 14.6. The molecule has 5 rings (SSSR count). The fourth-order valence-corrected chi connectivity index (χ4v) is 4.26. The average Bonchev–Trinajstić information content (AvgIpc) is 3.34. The summed E-state index contributed by atoms with van der Waals surface area (Å²) in [4.78, 5) is 24.9. The van der Waals surface area contributed by atoms with Crippen molar-refractivity contribution in [2.75, 3.05) is 0 Å². The number of aryl methyl sites for hydroxylation is 2. The van der Waals surface area contributed by atoms with Crippen LogP contribution in [0.2, 0.25) is 5.02 Å². The van der Waals surface area contributed by atoms with E-state index < -0.39 is 29.4 Å². The summed E-state index contributed by atoms with van der Waals surface area (Å²) in [6.07, 6.45) is -3.08. The quantitative estimate of drug-likeness (QED) is 0.408. The lowest BCUT2D eigenvalue weighted by molar-refractivity contribution is -0.176. The van der Waals surface area contributed by atoms with Gasteiger partial charge in [0.25, 0.3) is 0 Å². The summed E-state index contributed by atoms with van der Waals surface area (Å²) >= 11 is 6.08. The van der Waals surface area contributed by atoms with Crippen LogP contribution in [0, 0.1) is 12.7 Å². The molecule has 13 heteroatoms. The highest BCUT2D eigenvalue weighted by Gasteiger charge is 2.55. The minimum atomic E-state index is -5.02. The third kappa shape index (κ3) is 5.59. The average molecular weight is 541 g/mol. The number of carbonyl (C=O) groups is 2. The van der Waals surface area contributed by atoms with E-state index in [2.05, 4.69) is 10.1 Å². The van der Waals surface area contributed by atoms with E-state index in [1.54, 1.807) is 13.0 Å². The summed E-state index contributed by atoms with van der Waals surface area (Å²) in [6.45, 7) is 1.67. The van der Waals surface area contributed by atoms with Gasteiger partial charge in [0, 0.05) is 18.0 Å². The molecule has 0 spiro atoms. The van der Waals surface area contributed by atoms with Crippen LogP contribution in [-0.2, 0) is 16.0 Å². The SMILES string of the molecule is Cc1nc(-c2c(F)cc(Cl)cc2-c2ccc3c(c2)CCC3N)no1.O=C(NC1(C(=O)O)CC1)C(F)(F)F. The molecule has 0 aliphatic heterocycles. The number of benzene rings is 2. The second kappa shape index (κ2) is 9.75. The van der Waals surface area contributed by atoms with Gasteiger partial charge in [0.1, 0.15) is 11.4 Å². The molecule has 0 bridgehead atoms. The van der Waals surface area contributed by atoms with Crippen LogP contribution in [0.15, 0.2) is 34.9 Å². The Morgan fingerprint density at radius 1 is 1.24 bits per heavy atom. The number of alkyl halides is 3. The van der Waals surface area contributed by atoms with Gasteiger partial charge in [-0.25, -0.2) is 9.18 Å². The molecule has 1 heterocycles. The summed E-state index contributed by atoms with van der Waals surface area (Å²) in [5.41, 5.74) is 8.56. The van der Waals surface area contributed by atoms with Crippen molar-refractivity contribution in [2.24, 2.45) is 5.73 Å². The molecule has 0 saturated heterocycles. The highest BCUT2D eigenvalue weighted by atomic mass is 35.5. The van der Waals surface area contributed by atoms with Crippen molar-refractivity contribution in [3.8, 4) is 22.5 Å². The molecule has 1 saturated carbocycles. The number of fused-ring (bicyclic) bond motifs is 1. The van der Waals surface area contributed by atoms with Gasteiger partial charge < -0.3 is 20.7 Å². The van der Waals surface area contributed by atoms with E-state index in [1.807, 2.05) is 18.2 Å². The summed E-state index contributed by atoms with van der Waals surface area (Å²) in [5.74, 6) is -3.51. The van der Waals surface area contributed by atoms with Gasteiger partial charge in [0.05, 0.1) is 5.56 Å². The predicted octanol–water partition coefficient (Wildman–Crippen LogP) is 4.73. The zero-order valence-electron chi connectivity index (χ0n) is 19.3. The van der Waals surface area contributed by atoms with Gasteiger partial charge in [-0.2, -0.15) is 18.2 Å². The first-order valence-corrected chi connectivity index (χ1v) is 11.5. The Balaban J connectivity index is 0.000000209. The van der Waals surface area contributed by atoms with E-state index >= 15 is 0 Å². The molecule has 8 nitrogen and oxygen atoms in total. The van der Waals surface area contributed by atoms with Gasteiger partial charge in [0.2, 0.25) is 11.7 Å². The van der Waals surface area contributed by atoms with E-state index in [4.69, 9.17) is 27.0 Å². The second-order valence-electron chi connectivity index (χ2n) is 8.85. The minimum absolute atomic E-state index is 0.0458. The molecule has 196 valence electrons. The maximum atomic E-state index is 14.6. The molecule has 37 heavy (non-hydrogen) atoms. The van der Waals surface area contributed by atoms with E-state index in [0.29, 0.717) is 22.0 Å². The maximum Gasteiger partial charge on any atom is 0.471 e. The van der Waals surface area contributed by atoms with Crippen molar-refractivity contribution in [3.63, 3.8) is 0 Å². The largest absolute Gasteiger partial charge is 0.480 e. The van der Waals surface area contributed by atoms with E-state index in [-0.39, 0.29) is 24.7 Å². The molecular formula is C24H21ClF4N4O4. The number of carboxylic acid groups (broad SMARTS) is 1. The van der Waals surface area contributed by atoms with Crippen molar-refractivity contribution in [2.45, 2.75) is 50.4 Å². The molecule has 1 unspecified atom stereocenters. The van der Waals surface area contributed by atoms with Gasteiger partial charge >= 0.3 is 18.1 Å². The van der Waals surface area contributed by atoms with Gasteiger partial charge in [-0.1, -0.05) is 35.0 Å². The number of halogens is 5. The number of hydrogen-bond donors (Lipinski definition) is 3. The molecule has 1 amide bonds. The Kier molecular flexibility index (Phi) is 6.99. The molecule has 2 aromatic carbocycles. The number of carboxylic acids is 1. The van der Waals surface area contributed by atoms with Crippen molar-refractivity contribution in [1.82, 2.24) is 15.5 Å². The van der Waals surface area contributed by atoms with Gasteiger partial charge in [-0.3, -0.25) is 4.79 Å². The van der Waals surface area contributed by atoms with Crippen LogP contribution in [0.25, 0.3) is 22.5 Å². The van der Waals surface area contributed by atoms with Gasteiger partial charge in [-0.15, -0.1) is 0 Å². The number of nitrogens with two attached hydrogens (primary N) is 1. The zero-order valence-corrected chi connectivity index (χ0v) is 20.1. The Labute approximate surface area is 212 Å². The molecule has 0 radical (unpaired) electrons. The number of hydrogen-bond acceptors (Lipinski definition) is 6. The van der Waals surface area contributed by atoms with Gasteiger partial charge in [-0.05, 0) is 60.1 Å². The topological polar surface area (TPSA) is 131 Å². The molecule has 4 N–H and O–H groups in total. The third-order valence-electron chi connectivity index (χ3n) is 6.15. The monoisotopic (exact) mass is 540 g/mol. The first-order chi connectivity index (χ1) is 17.3. The van der Waals surface area contributed by atoms with Gasteiger partial charge in [0.15, 0.2) is 0 Å². The highest BCUT2D eigenvalue weighted by molar-refractivity contribution is 6.31. The fourth-order valence-electron chi connectivity index (χ4n) is 4.05. The predicted molar refractivity (Wildman–Crippen MR) is 124 cm³/mol. The Morgan fingerprint density at radius 2 is 1.95 bits per heavy atom. The summed E-state index contributed by atoms with van der Waals surface area (Å²) in [7, 11) is 0. The zero-order chi connectivity index (χ0) is 27.1. The van der Waals surface area contributed by atoms with E-state index in [9.17, 15) is 27.2 Å². The number of aromatic nitrogens is 2. The first kappa shape index (κ1) is 26.6. The van der Waals surface area contributed by atoms with E-state index in [0.717, 1.165) is 24.0 Å². The minimum Gasteiger partial charge on any atom is -0.480 e. The molecule has 3 aromatic rings. The molecule has 1 fully saturated rings. The summed E-state index contributed by atoms with van der Waals surface area (Å²) in [5, 5.41) is 14.1. The number of rotatable bonds is 4. The van der Waals surface area contributed by atoms with Crippen molar-refractivity contribution in [3.05, 3.63) is 58.2 Å². The van der Waals surface area contributed by atoms with Crippen LogP contribution in [-0.4, -0.2) is 38.8 Å². The number of carbonyl (C=O) groups excluding carboxylic acids is 1. The molecular weight excluding hydrogens is 520 g/mol. The normalized spacial score (nSPS) is 17.4. The molecule has 1 atom stereocenters. The second-order valence-corrected chi connectivity index (χ2v) is 9.28. The Morgan fingerprint density at radius 3 is 2.51 bits per heavy atom. The summed E-state index contributed by atoms with van der Waals surface area (Å²) < 4.78 is 54.6. The van der Waals surface area contributed by atoms with E-state index in [1.165, 1.54) is 16.9 Å².